The third kappa shape index (κ3) is 3.70. The third-order valence-electron chi connectivity index (χ3n) is 3.11. The van der Waals surface area contributed by atoms with Crippen molar-refractivity contribution < 1.29 is 9.53 Å². The van der Waals surface area contributed by atoms with E-state index in [9.17, 15) is 4.79 Å². The summed E-state index contributed by atoms with van der Waals surface area (Å²) in [5.41, 5.74) is 7.44. The predicted octanol–water partition coefficient (Wildman–Crippen LogP) is 1.15. The molecule has 0 aliphatic rings. The second-order valence-electron chi connectivity index (χ2n) is 4.99. The number of carbonyl (C=O) groups is 1. The number of nitrogens with zero attached hydrogens (tertiary/aromatic N) is 3. The van der Waals surface area contributed by atoms with E-state index in [-0.39, 0.29) is 6.61 Å². The number of carbonyl (C=O) groups excluding carboxylic acids is 1. The second kappa shape index (κ2) is 6.69. The maximum atomic E-state index is 11.1. The molecule has 0 unspecified atom stereocenters. The van der Waals surface area contributed by atoms with E-state index in [4.69, 9.17) is 16.3 Å². The average Bonchev–Trinajstić information content (AvgIpc) is 2.79. The molecule has 1 aromatic carbocycles. The van der Waals surface area contributed by atoms with Crippen molar-refractivity contribution in [3.63, 3.8) is 0 Å². The molecule has 0 aliphatic heterocycles. The first-order valence-corrected chi connectivity index (χ1v) is 7.62. The number of hydrogen-bond acceptors (Lipinski definition) is 6. The highest BCUT2D eigenvalue weighted by atomic mass is 32.2. The van der Waals surface area contributed by atoms with Crippen LogP contribution in [0.4, 0.5) is 0 Å². The van der Waals surface area contributed by atoms with Crippen LogP contribution in [0.5, 0.6) is 5.75 Å². The van der Waals surface area contributed by atoms with E-state index in [2.05, 4.69) is 10.2 Å². The zero-order valence-corrected chi connectivity index (χ0v) is 13.6. The summed E-state index contributed by atoms with van der Waals surface area (Å²) in [4.78, 5) is 11.1. The minimum Gasteiger partial charge on any atom is -0.485 e. The lowest BCUT2D eigenvalue weighted by Gasteiger charge is -2.10. The predicted molar refractivity (Wildman–Crippen MR) is 84.9 cm³/mol. The Morgan fingerprint density at radius 3 is 2.77 bits per heavy atom. The molecule has 0 saturated carbocycles. The van der Waals surface area contributed by atoms with Gasteiger partial charge in [-0.15, -0.1) is 10.2 Å². The van der Waals surface area contributed by atoms with Crippen LogP contribution < -0.4 is 16.3 Å². The van der Waals surface area contributed by atoms with E-state index in [1.165, 1.54) is 10.2 Å². The minimum absolute atomic E-state index is 0.193. The second-order valence-corrected chi connectivity index (χ2v) is 6.30. The summed E-state index contributed by atoms with van der Waals surface area (Å²) in [6.07, 6.45) is 0. The zero-order valence-electron chi connectivity index (χ0n) is 12.7. The molecule has 1 atom stereocenters. The highest BCUT2D eigenvalue weighted by Crippen LogP contribution is 2.22. The minimum atomic E-state index is -0.431. The summed E-state index contributed by atoms with van der Waals surface area (Å²) in [5, 5.41) is 7.92. The fourth-order valence-corrected chi connectivity index (χ4v) is 2.55. The van der Waals surface area contributed by atoms with Crippen LogP contribution >= 0.6 is 11.8 Å². The van der Waals surface area contributed by atoms with Crippen LogP contribution in [0.2, 0.25) is 0 Å². The molecule has 4 N–H and O–H groups in total. The van der Waals surface area contributed by atoms with Crippen molar-refractivity contribution in [3.8, 4) is 5.75 Å². The van der Waals surface area contributed by atoms with Crippen LogP contribution in [-0.2, 0) is 11.4 Å². The topological polar surface area (TPSA) is 109 Å². The zero-order chi connectivity index (χ0) is 16.3. The van der Waals surface area contributed by atoms with Gasteiger partial charge in [0.25, 0.3) is 0 Å². The van der Waals surface area contributed by atoms with Gasteiger partial charge in [-0.2, -0.15) is 0 Å². The summed E-state index contributed by atoms with van der Waals surface area (Å²) in [5.74, 6) is 6.73. The Hall–Kier alpha value is -2.22. The first-order chi connectivity index (χ1) is 10.4. The number of aryl methyl sites for hydroxylation is 2. The number of primary amides is 1. The molecular formula is C14H19N5O2S. The van der Waals surface area contributed by atoms with Gasteiger partial charge in [-0.1, -0.05) is 29.5 Å². The SMILES string of the molecule is Cc1ccc(OCc2nnc(S[C@@H](C)C(N)=O)n2N)c(C)c1. The number of ether oxygens (including phenoxy) is 1. The lowest BCUT2D eigenvalue weighted by molar-refractivity contribution is -0.117. The summed E-state index contributed by atoms with van der Waals surface area (Å²) < 4.78 is 7.03. The monoisotopic (exact) mass is 321 g/mol. The van der Waals surface area contributed by atoms with Crippen molar-refractivity contribution in [2.24, 2.45) is 5.73 Å². The van der Waals surface area contributed by atoms with Crippen molar-refractivity contribution in [2.75, 3.05) is 5.84 Å². The number of amides is 1. The van der Waals surface area contributed by atoms with E-state index in [0.29, 0.717) is 11.0 Å². The third-order valence-corrected chi connectivity index (χ3v) is 4.18. The largest absolute Gasteiger partial charge is 0.485 e. The van der Waals surface area contributed by atoms with Gasteiger partial charge in [0, 0.05) is 0 Å². The van der Waals surface area contributed by atoms with Gasteiger partial charge in [-0.25, -0.2) is 4.68 Å². The Bertz CT molecular complexity index is 686. The Kier molecular flexibility index (Phi) is 4.92. The average molecular weight is 321 g/mol. The molecule has 0 saturated heterocycles. The Labute approximate surface area is 133 Å². The summed E-state index contributed by atoms with van der Waals surface area (Å²) in [6, 6.07) is 5.93. The summed E-state index contributed by atoms with van der Waals surface area (Å²) in [6.45, 7) is 5.88. The van der Waals surface area contributed by atoms with Gasteiger partial charge in [0.15, 0.2) is 5.82 Å². The summed E-state index contributed by atoms with van der Waals surface area (Å²) in [7, 11) is 0. The molecule has 1 amide bonds. The Morgan fingerprint density at radius 1 is 1.41 bits per heavy atom. The van der Waals surface area contributed by atoms with Gasteiger partial charge in [0.1, 0.15) is 12.4 Å². The molecule has 22 heavy (non-hydrogen) atoms. The molecular weight excluding hydrogens is 302 g/mol. The van der Waals surface area contributed by atoms with Gasteiger partial charge in [-0.3, -0.25) is 4.79 Å². The van der Waals surface area contributed by atoms with Crippen LogP contribution in [0.1, 0.15) is 23.9 Å². The molecule has 0 fully saturated rings. The number of hydrogen-bond donors (Lipinski definition) is 2. The molecule has 8 heteroatoms. The maximum Gasteiger partial charge on any atom is 0.230 e. The van der Waals surface area contributed by atoms with Gasteiger partial charge in [0.05, 0.1) is 5.25 Å². The van der Waals surface area contributed by atoms with Crippen molar-refractivity contribution in [3.05, 3.63) is 35.2 Å². The summed E-state index contributed by atoms with van der Waals surface area (Å²) >= 11 is 1.16. The number of aromatic nitrogens is 3. The van der Waals surface area contributed by atoms with Gasteiger partial charge in [0.2, 0.25) is 11.1 Å². The number of rotatable bonds is 6. The molecule has 7 nitrogen and oxygen atoms in total. The fraction of sp³-hybridized carbons (Fsp3) is 0.357. The van der Waals surface area contributed by atoms with E-state index < -0.39 is 11.2 Å². The molecule has 0 radical (unpaired) electrons. The van der Waals surface area contributed by atoms with E-state index in [1.807, 2.05) is 32.0 Å². The molecule has 118 valence electrons. The Morgan fingerprint density at radius 2 is 2.14 bits per heavy atom. The lowest BCUT2D eigenvalue weighted by atomic mass is 10.1. The molecule has 2 aromatic rings. The Balaban J connectivity index is 2.05. The first-order valence-electron chi connectivity index (χ1n) is 6.74. The van der Waals surface area contributed by atoms with Gasteiger partial charge in [-0.05, 0) is 32.4 Å². The standard InChI is InChI=1S/C14H19N5O2S/c1-8-4-5-11(9(2)6-8)21-7-12-17-18-14(19(12)16)22-10(3)13(15)20/h4-6,10H,7,16H2,1-3H3,(H2,15,20)/t10-/m0/s1. The van der Waals surface area contributed by atoms with Crippen LogP contribution in [0.3, 0.4) is 0 Å². The van der Waals surface area contributed by atoms with Crippen molar-refractivity contribution in [1.82, 2.24) is 14.9 Å². The molecule has 2 rings (SSSR count). The maximum absolute atomic E-state index is 11.1. The highest BCUT2D eigenvalue weighted by Gasteiger charge is 2.17. The van der Waals surface area contributed by atoms with Crippen molar-refractivity contribution in [1.29, 1.82) is 0 Å². The van der Waals surface area contributed by atoms with Crippen LogP contribution in [0.15, 0.2) is 23.4 Å². The fourth-order valence-electron chi connectivity index (χ4n) is 1.81. The normalized spacial score (nSPS) is 12.1. The first kappa shape index (κ1) is 16.2. The van der Waals surface area contributed by atoms with Crippen molar-refractivity contribution >= 4 is 17.7 Å². The number of thioether (sulfide) groups is 1. The van der Waals surface area contributed by atoms with E-state index in [0.717, 1.165) is 23.1 Å². The van der Waals surface area contributed by atoms with E-state index >= 15 is 0 Å². The van der Waals surface area contributed by atoms with Gasteiger partial charge >= 0.3 is 0 Å². The van der Waals surface area contributed by atoms with E-state index in [1.54, 1.807) is 6.92 Å². The van der Waals surface area contributed by atoms with Crippen LogP contribution in [0, 0.1) is 13.8 Å². The van der Waals surface area contributed by atoms with Crippen LogP contribution in [0.25, 0.3) is 0 Å². The van der Waals surface area contributed by atoms with Crippen LogP contribution in [-0.4, -0.2) is 26.0 Å². The number of nitrogen functional groups attached to an aromatic ring is 1. The van der Waals surface area contributed by atoms with Gasteiger partial charge < -0.3 is 16.3 Å². The molecule has 0 aliphatic carbocycles. The molecule has 1 aromatic heterocycles. The quantitative estimate of drug-likeness (QED) is 0.610. The molecule has 1 heterocycles. The smallest absolute Gasteiger partial charge is 0.230 e. The van der Waals surface area contributed by atoms with Crippen molar-refractivity contribution in [2.45, 2.75) is 37.8 Å². The lowest BCUT2D eigenvalue weighted by Crippen LogP contribution is -2.24. The molecule has 0 spiro atoms. The highest BCUT2D eigenvalue weighted by molar-refractivity contribution is 8.00. The number of benzene rings is 1. The molecule has 0 bridgehead atoms. The number of nitrogens with two attached hydrogens (primary N) is 2.